The number of hydrogen-bond acceptors (Lipinski definition) is 4. The zero-order chi connectivity index (χ0) is 16.4. The number of aromatic amines is 1. The number of rotatable bonds is 7. The molecular weight excluding hydrogens is 292 g/mol. The summed E-state index contributed by atoms with van der Waals surface area (Å²) in [6, 6.07) is 7.34. The molecule has 1 heterocycles. The SMILES string of the molecule is CCOC(=O)C1(CC(=O)C(N)Cc2c[nH]c3ccccc23)CC1. The minimum atomic E-state index is -0.606. The molecule has 23 heavy (non-hydrogen) atoms. The number of esters is 1. The number of nitrogens with one attached hydrogen (secondary N) is 1. The molecular formula is C18H22N2O3. The first-order valence-electron chi connectivity index (χ1n) is 8.06. The Bertz CT molecular complexity index is 731. The summed E-state index contributed by atoms with van der Waals surface area (Å²) in [4.78, 5) is 27.6. The number of fused-ring (bicyclic) bond motifs is 1. The number of ketones is 1. The van der Waals surface area contributed by atoms with Crippen molar-refractivity contribution in [2.45, 2.75) is 38.6 Å². The van der Waals surface area contributed by atoms with Crippen molar-refractivity contribution in [2.24, 2.45) is 11.1 Å². The maximum absolute atomic E-state index is 12.4. The molecule has 2 aromatic rings. The van der Waals surface area contributed by atoms with Crippen LogP contribution in [0.5, 0.6) is 0 Å². The lowest BCUT2D eigenvalue weighted by Gasteiger charge is -2.16. The highest BCUT2D eigenvalue weighted by atomic mass is 16.5. The van der Waals surface area contributed by atoms with Gasteiger partial charge in [0.05, 0.1) is 18.1 Å². The first-order valence-corrected chi connectivity index (χ1v) is 8.06. The second-order valence-corrected chi connectivity index (χ2v) is 6.31. The van der Waals surface area contributed by atoms with Gasteiger partial charge < -0.3 is 15.5 Å². The molecule has 3 rings (SSSR count). The number of hydrogen-bond donors (Lipinski definition) is 2. The number of carbonyl (C=O) groups is 2. The summed E-state index contributed by atoms with van der Waals surface area (Å²) < 4.78 is 5.08. The van der Waals surface area contributed by atoms with Crippen molar-refractivity contribution < 1.29 is 14.3 Å². The molecule has 1 fully saturated rings. The van der Waals surface area contributed by atoms with Crippen LogP contribution < -0.4 is 5.73 Å². The Kier molecular flexibility index (Phi) is 4.22. The number of nitrogens with two attached hydrogens (primary N) is 1. The molecule has 1 unspecified atom stereocenters. The molecule has 122 valence electrons. The Morgan fingerprint density at radius 2 is 2.09 bits per heavy atom. The molecule has 1 aromatic carbocycles. The van der Waals surface area contributed by atoms with Gasteiger partial charge in [-0.1, -0.05) is 18.2 Å². The maximum Gasteiger partial charge on any atom is 0.312 e. The standard InChI is InChI=1S/C18H22N2O3/c1-2-23-17(22)18(7-8-18)10-16(21)14(19)9-12-11-20-15-6-4-3-5-13(12)15/h3-6,11,14,20H,2,7-10,19H2,1H3. The van der Waals surface area contributed by atoms with E-state index in [1.54, 1.807) is 6.92 Å². The third-order valence-corrected chi connectivity index (χ3v) is 4.60. The van der Waals surface area contributed by atoms with E-state index in [4.69, 9.17) is 10.5 Å². The Morgan fingerprint density at radius 1 is 1.35 bits per heavy atom. The Hall–Kier alpha value is -2.14. The summed E-state index contributed by atoms with van der Waals surface area (Å²) >= 11 is 0. The van der Waals surface area contributed by atoms with Crippen LogP contribution in [0.4, 0.5) is 0 Å². The summed E-state index contributed by atoms with van der Waals surface area (Å²) in [5.74, 6) is -0.325. The smallest absolute Gasteiger partial charge is 0.312 e. The van der Waals surface area contributed by atoms with E-state index < -0.39 is 11.5 Å². The fourth-order valence-electron chi connectivity index (χ4n) is 3.00. The lowest BCUT2D eigenvalue weighted by atomic mass is 9.93. The zero-order valence-electron chi connectivity index (χ0n) is 13.3. The lowest BCUT2D eigenvalue weighted by molar-refractivity contribution is -0.151. The number of H-pyrrole nitrogens is 1. The third kappa shape index (κ3) is 3.15. The van der Waals surface area contributed by atoms with Gasteiger partial charge in [0.2, 0.25) is 0 Å². The quantitative estimate of drug-likeness (QED) is 0.768. The van der Waals surface area contributed by atoms with E-state index in [9.17, 15) is 9.59 Å². The van der Waals surface area contributed by atoms with Gasteiger partial charge >= 0.3 is 5.97 Å². The van der Waals surface area contributed by atoms with Crippen molar-refractivity contribution in [3.8, 4) is 0 Å². The van der Waals surface area contributed by atoms with E-state index in [2.05, 4.69) is 4.98 Å². The summed E-state index contributed by atoms with van der Waals surface area (Å²) in [6.07, 6.45) is 4.00. The number of aromatic nitrogens is 1. The topological polar surface area (TPSA) is 85.2 Å². The monoisotopic (exact) mass is 314 g/mol. The van der Waals surface area contributed by atoms with E-state index in [0.29, 0.717) is 13.0 Å². The Balaban J connectivity index is 1.65. The van der Waals surface area contributed by atoms with Gasteiger partial charge in [-0.25, -0.2) is 0 Å². The van der Waals surface area contributed by atoms with Gasteiger partial charge in [-0.2, -0.15) is 0 Å². The highest BCUT2D eigenvalue weighted by Crippen LogP contribution is 2.50. The fraction of sp³-hybridized carbons (Fsp3) is 0.444. The minimum absolute atomic E-state index is 0.0687. The molecule has 0 aliphatic heterocycles. The van der Waals surface area contributed by atoms with Gasteiger partial charge in [0.25, 0.3) is 0 Å². The average molecular weight is 314 g/mol. The second-order valence-electron chi connectivity index (χ2n) is 6.31. The lowest BCUT2D eigenvalue weighted by Crippen LogP contribution is -2.36. The van der Waals surface area contributed by atoms with Crippen LogP contribution in [0.1, 0.15) is 31.7 Å². The molecule has 0 saturated heterocycles. The van der Waals surface area contributed by atoms with Crippen LogP contribution in [0.2, 0.25) is 0 Å². The van der Waals surface area contributed by atoms with Crippen molar-refractivity contribution in [3.63, 3.8) is 0 Å². The molecule has 1 aromatic heterocycles. The molecule has 5 nitrogen and oxygen atoms in total. The molecule has 1 saturated carbocycles. The predicted octanol–water partition coefficient (Wildman–Crippen LogP) is 2.34. The van der Waals surface area contributed by atoms with Gasteiger partial charge in [0, 0.05) is 23.5 Å². The van der Waals surface area contributed by atoms with Crippen LogP contribution in [0.25, 0.3) is 10.9 Å². The predicted molar refractivity (Wildman–Crippen MR) is 87.9 cm³/mol. The maximum atomic E-state index is 12.4. The van der Waals surface area contributed by atoms with Gasteiger partial charge in [-0.3, -0.25) is 9.59 Å². The van der Waals surface area contributed by atoms with Crippen molar-refractivity contribution in [3.05, 3.63) is 36.0 Å². The van der Waals surface area contributed by atoms with Crippen LogP contribution in [0.15, 0.2) is 30.5 Å². The highest BCUT2D eigenvalue weighted by molar-refractivity contribution is 5.92. The van der Waals surface area contributed by atoms with Gasteiger partial charge in [-0.15, -0.1) is 0 Å². The molecule has 1 atom stereocenters. The van der Waals surface area contributed by atoms with Crippen molar-refractivity contribution in [1.29, 1.82) is 0 Å². The average Bonchev–Trinajstić information content (AvgIpc) is 3.22. The van der Waals surface area contributed by atoms with Crippen molar-refractivity contribution in [1.82, 2.24) is 4.98 Å². The van der Waals surface area contributed by atoms with Crippen LogP contribution in [0.3, 0.4) is 0 Å². The summed E-state index contributed by atoms with van der Waals surface area (Å²) in [5.41, 5.74) is 7.55. The molecule has 0 spiro atoms. The van der Waals surface area contributed by atoms with Crippen molar-refractivity contribution in [2.75, 3.05) is 6.61 Å². The van der Waals surface area contributed by atoms with Crippen LogP contribution in [0, 0.1) is 5.41 Å². The summed E-state index contributed by atoms with van der Waals surface area (Å²) in [5, 5.41) is 1.09. The van der Waals surface area contributed by atoms with E-state index in [0.717, 1.165) is 29.3 Å². The minimum Gasteiger partial charge on any atom is -0.466 e. The number of para-hydroxylation sites is 1. The van der Waals surface area contributed by atoms with Crippen LogP contribution >= 0.6 is 0 Å². The normalized spacial score (nSPS) is 17.0. The Morgan fingerprint density at radius 3 is 2.78 bits per heavy atom. The van der Waals surface area contributed by atoms with Crippen molar-refractivity contribution >= 4 is 22.7 Å². The molecule has 3 N–H and O–H groups in total. The first-order chi connectivity index (χ1) is 11.1. The first kappa shape index (κ1) is 15.7. The fourth-order valence-corrected chi connectivity index (χ4v) is 3.00. The van der Waals surface area contributed by atoms with E-state index in [1.807, 2.05) is 30.5 Å². The number of ether oxygens (including phenoxy) is 1. The second kappa shape index (κ2) is 6.16. The molecule has 5 heteroatoms. The van der Waals surface area contributed by atoms with Crippen LogP contribution in [-0.4, -0.2) is 29.4 Å². The molecule has 0 bridgehead atoms. The number of benzene rings is 1. The molecule has 0 amide bonds. The van der Waals surface area contributed by atoms with E-state index >= 15 is 0 Å². The number of carbonyl (C=O) groups excluding carboxylic acids is 2. The zero-order valence-corrected chi connectivity index (χ0v) is 13.3. The molecule has 1 aliphatic rings. The van der Waals surface area contributed by atoms with Gasteiger partial charge in [0.15, 0.2) is 5.78 Å². The largest absolute Gasteiger partial charge is 0.466 e. The third-order valence-electron chi connectivity index (χ3n) is 4.60. The highest BCUT2D eigenvalue weighted by Gasteiger charge is 2.52. The summed E-state index contributed by atoms with van der Waals surface area (Å²) in [6.45, 7) is 2.12. The van der Waals surface area contributed by atoms with E-state index in [-0.39, 0.29) is 18.2 Å². The number of Topliss-reactive ketones (excluding diaryl/α,β-unsaturated/α-hetero) is 1. The van der Waals surface area contributed by atoms with E-state index in [1.165, 1.54) is 0 Å². The van der Waals surface area contributed by atoms with Crippen LogP contribution in [-0.2, 0) is 20.7 Å². The Labute approximate surface area is 135 Å². The van der Waals surface area contributed by atoms with Gasteiger partial charge in [0.1, 0.15) is 0 Å². The van der Waals surface area contributed by atoms with Gasteiger partial charge in [-0.05, 0) is 37.8 Å². The summed E-state index contributed by atoms with van der Waals surface area (Å²) in [7, 11) is 0. The molecule has 0 radical (unpaired) electrons. The molecule has 1 aliphatic carbocycles.